The zero-order valence-corrected chi connectivity index (χ0v) is 19.7. The summed E-state index contributed by atoms with van der Waals surface area (Å²) in [6.07, 6.45) is 4.53. The van der Waals surface area contributed by atoms with Crippen molar-refractivity contribution in [2.75, 3.05) is 44.7 Å². The topological polar surface area (TPSA) is 96.0 Å². The molecule has 2 heterocycles. The van der Waals surface area contributed by atoms with Crippen molar-refractivity contribution < 1.29 is 22.7 Å². The van der Waals surface area contributed by atoms with Crippen molar-refractivity contribution in [2.45, 2.75) is 17.7 Å². The van der Waals surface area contributed by atoms with Crippen LogP contribution in [0.15, 0.2) is 65.6 Å². The minimum absolute atomic E-state index is 0.0558. The number of morpholine rings is 1. The predicted molar refractivity (Wildman–Crippen MR) is 129 cm³/mol. The van der Waals surface area contributed by atoms with Crippen LogP contribution >= 0.6 is 0 Å². The highest BCUT2D eigenvalue weighted by atomic mass is 32.2. The summed E-state index contributed by atoms with van der Waals surface area (Å²) in [5, 5.41) is 2.88. The van der Waals surface area contributed by atoms with Crippen molar-refractivity contribution in [2.24, 2.45) is 5.92 Å². The molecule has 0 saturated carbocycles. The standard InChI is InChI=1S/C25H29N3O5S/c29-24(11-6-20-4-2-1-3-5-20)27-14-12-21(13-15-27)25(30)26-22-7-9-23(10-8-22)34(31,32)28-16-18-33-19-17-28/h1-11,21H,12-19H2,(H,26,30)/b11-6+. The van der Waals surface area contributed by atoms with E-state index in [9.17, 15) is 18.0 Å². The lowest BCUT2D eigenvalue weighted by molar-refractivity contribution is -0.130. The first kappa shape index (κ1) is 24.1. The van der Waals surface area contributed by atoms with Gasteiger partial charge >= 0.3 is 0 Å². The Balaban J connectivity index is 1.27. The molecule has 2 fully saturated rings. The number of piperidine rings is 1. The van der Waals surface area contributed by atoms with Gasteiger partial charge < -0.3 is 15.0 Å². The van der Waals surface area contributed by atoms with Gasteiger partial charge in [0.05, 0.1) is 18.1 Å². The average Bonchev–Trinajstić information content (AvgIpc) is 2.89. The molecule has 2 saturated heterocycles. The normalized spacial score (nSPS) is 18.2. The third-order valence-electron chi connectivity index (χ3n) is 6.13. The maximum Gasteiger partial charge on any atom is 0.246 e. The molecule has 180 valence electrons. The summed E-state index contributed by atoms with van der Waals surface area (Å²) in [6, 6.07) is 15.9. The first-order valence-electron chi connectivity index (χ1n) is 11.4. The molecule has 0 unspecified atom stereocenters. The number of carbonyl (C=O) groups excluding carboxylic acids is 2. The van der Waals surface area contributed by atoms with Gasteiger partial charge in [-0.2, -0.15) is 4.31 Å². The monoisotopic (exact) mass is 483 g/mol. The molecule has 0 bridgehead atoms. The van der Waals surface area contributed by atoms with E-state index < -0.39 is 10.0 Å². The molecule has 4 rings (SSSR count). The predicted octanol–water partition coefficient (Wildman–Crippen LogP) is 2.60. The summed E-state index contributed by atoms with van der Waals surface area (Å²) in [5.74, 6) is -0.366. The number of ether oxygens (including phenoxy) is 1. The Hall–Kier alpha value is -3.01. The SMILES string of the molecule is O=C(Nc1ccc(S(=O)(=O)N2CCOCC2)cc1)C1CCN(C(=O)/C=C/c2ccccc2)CC1. The lowest BCUT2D eigenvalue weighted by Crippen LogP contribution is -2.41. The average molecular weight is 484 g/mol. The number of benzene rings is 2. The molecule has 0 aliphatic carbocycles. The molecule has 1 N–H and O–H groups in total. The Kier molecular flexibility index (Phi) is 7.77. The highest BCUT2D eigenvalue weighted by molar-refractivity contribution is 7.89. The molecule has 2 aromatic rings. The van der Waals surface area contributed by atoms with E-state index in [1.807, 2.05) is 30.3 Å². The van der Waals surface area contributed by atoms with Crippen molar-refractivity contribution in [1.29, 1.82) is 0 Å². The van der Waals surface area contributed by atoms with E-state index in [2.05, 4.69) is 5.32 Å². The van der Waals surface area contributed by atoms with Crippen LogP contribution in [0.5, 0.6) is 0 Å². The van der Waals surface area contributed by atoms with Crippen LogP contribution in [-0.2, 0) is 24.3 Å². The summed E-state index contributed by atoms with van der Waals surface area (Å²) in [5.41, 5.74) is 1.52. The number of anilines is 1. The number of carbonyl (C=O) groups is 2. The van der Waals surface area contributed by atoms with E-state index >= 15 is 0 Å². The van der Waals surface area contributed by atoms with Gasteiger partial charge in [-0.1, -0.05) is 30.3 Å². The van der Waals surface area contributed by atoms with Crippen molar-refractivity contribution >= 4 is 33.6 Å². The van der Waals surface area contributed by atoms with Gasteiger partial charge in [-0.05, 0) is 48.7 Å². The molecule has 2 aromatic carbocycles. The Morgan fingerprint density at radius 3 is 2.21 bits per heavy atom. The van der Waals surface area contributed by atoms with Gasteiger partial charge in [-0.15, -0.1) is 0 Å². The second-order valence-electron chi connectivity index (χ2n) is 8.37. The zero-order valence-electron chi connectivity index (χ0n) is 18.9. The maximum absolute atomic E-state index is 12.7. The van der Waals surface area contributed by atoms with Gasteiger partial charge in [0.15, 0.2) is 0 Å². The van der Waals surface area contributed by atoms with E-state index in [1.165, 1.54) is 16.4 Å². The zero-order chi connectivity index (χ0) is 24.0. The first-order valence-corrected chi connectivity index (χ1v) is 12.9. The van der Waals surface area contributed by atoms with Crippen molar-refractivity contribution in [3.8, 4) is 0 Å². The fourth-order valence-corrected chi connectivity index (χ4v) is 5.50. The quantitative estimate of drug-likeness (QED) is 0.638. The molecule has 34 heavy (non-hydrogen) atoms. The number of nitrogens with one attached hydrogen (secondary N) is 1. The molecule has 8 nitrogen and oxygen atoms in total. The molecule has 2 amide bonds. The van der Waals surface area contributed by atoms with Crippen molar-refractivity contribution in [3.63, 3.8) is 0 Å². The Bertz CT molecular complexity index is 1120. The summed E-state index contributed by atoms with van der Waals surface area (Å²) in [6.45, 7) is 2.50. The molecule has 9 heteroatoms. The fraction of sp³-hybridized carbons (Fsp3) is 0.360. The number of sulfonamides is 1. The fourth-order valence-electron chi connectivity index (χ4n) is 4.09. The van der Waals surface area contributed by atoms with Crippen LogP contribution in [0.2, 0.25) is 0 Å². The number of amides is 2. The number of likely N-dealkylation sites (tertiary alicyclic amines) is 1. The van der Waals surface area contributed by atoms with Gasteiger partial charge in [-0.3, -0.25) is 9.59 Å². The van der Waals surface area contributed by atoms with Crippen LogP contribution < -0.4 is 5.32 Å². The number of hydrogen-bond donors (Lipinski definition) is 1. The number of nitrogens with zero attached hydrogens (tertiary/aromatic N) is 2. The van der Waals surface area contributed by atoms with E-state index in [0.717, 1.165) is 5.56 Å². The number of rotatable bonds is 6. The molecular weight excluding hydrogens is 454 g/mol. The molecule has 2 aliphatic rings. The van der Waals surface area contributed by atoms with E-state index in [-0.39, 0.29) is 22.6 Å². The van der Waals surface area contributed by atoms with E-state index in [4.69, 9.17) is 4.74 Å². The van der Waals surface area contributed by atoms with E-state index in [0.29, 0.717) is 57.9 Å². The Morgan fingerprint density at radius 1 is 0.912 bits per heavy atom. The maximum atomic E-state index is 12.7. The summed E-state index contributed by atoms with van der Waals surface area (Å²) < 4.78 is 32.1. The summed E-state index contributed by atoms with van der Waals surface area (Å²) in [4.78, 5) is 27.1. The van der Waals surface area contributed by atoms with Gasteiger partial charge in [0.25, 0.3) is 0 Å². The summed E-state index contributed by atoms with van der Waals surface area (Å²) >= 11 is 0. The van der Waals surface area contributed by atoms with Gasteiger partial charge in [0.1, 0.15) is 0 Å². The molecule has 0 aromatic heterocycles. The minimum Gasteiger partial charge on any atom is -0.379 e. The van der Waals surface area contributed by atoms with Gasteiger partial charge in [0.2, 0.25) is 21.8 Å². The third kappa shape index (κ3) is 5.91. The smallest absolute Gasteiger partial charge is 0.246 e. The van der Waals surface area contributed by atoms with Crippen LogP contribution in [0, 0.1) is 5.92 Å². The van der Waals surface area contributed by atoms with Crippen LogP contribution in [0.25, 0.3) is 6.08 Å². The molecule has 2 aliphatic heterocycles. The third-order valence-corrected chi connectivity index (χ3v) is 8.04. The minimum atomic E-state index is -3.57. The second-order valence-corrected chi connectivity index (χ2v) is 10.3. The van der Waals surface area contributed by atoms with Crippen molar-refractivity contribution in [1.82, 2.24) is 9.21 Å². The lowest BCUT2D eigenvalue weighted by atomic mass is 9.95. The largest absolute Gasteiger partial charge is 0.379 e. The number of hydrogen-bond acceptors (Lipinski definition) is 5. The lowest BCUT2D eigenvalue weighted by Gasteiger charge is -2.30. The van der Waals surface area contributed by atoms with Crippen molar-refractivity contribution in [3.05, 3.63) is 66.2 Å². The van der Waals surface area contributed by atoms with E-state index in [1.54, 1.807) is 29.2 Å². The highest BCUT2D eigenvalue weighted by Crippen LogP contribution is 2.22. The second kappa shape index (κ2) is 10.9. The molecule has 0 atom stereocenters. The van der Waals surface area contributed by atoms with Crippen LogP contribution in [-0.4, -0.2) is 68.8 Å². The molecule has 0 radical (unpaired) electrons. The first-order chi connectivity index (χ1) is 16.4. The van der Waals surface area contributed by atoms with Gasteiger partial charge in [-0.25, -0.2) is 8.42 Å². The Labute approximate surface area is 200 Å². The van der Waals surface area contributed by atoms with Gasteiger partial charge in [0, 0.05) is 43.9 Å². The van der Waals surface area contributed by atoms with Crippen LogP contribution in [0.3, 0.4) is 0 Å². The van der Waals surface area contributed by atoms with Crippen LogP contribution in [0.1, 0.15) is 18.4 Å². The Morgan fingerprint density at radius 2 is 1.56 bits per heavy atom. The molecule has 0 spiro atoms. The summed E-state index contributed by atoms with van der Waals surface area (Å²) in [7, 11) is -3.57. The highest BCUT2D eigenvalue weighted by Gasteiger charge is 2.28. The van der Waals surface area contributed by atoms with Crippen LogP contribution in [0.4, 0.5) is 5.69 Å². The molecular formula is C25H29N3O5S.